The second kappa shape index (κ2) is 8.33. The summed E-state index contributed by atoms with van der Waals surface area (Å²) >= 11 is 0. The maximum absolute atomic E-state index is 11.9. The molecule has 7 heteroatoms. The maximum Gasteiger partial charge on any atom is 0.151 e. The van der Waals surface area contributed by atoms with Crippen LogP contribution < -0.4 is 0 Å². The van der Waals surface area contributed by atoms with Crippen molar-refractivity contribution in [3.05, 3.63) is 53.6 Å². The number of nitrogens with zero attached hydrogens (tertiary/aromatic N) is 3. The summed E-state index contributed by atoms with van der Waals surface area (Å²) in [5, 5.41) is 0. The summed E-state index contributed by atoms with van der Waals surface area (Å²) < 4.78 is 32.1. The molecule has 1 aliphatic rings. The van der Waals surface area contributed by atoms with Crippen LogP contribution in [0.15, 0.2) is 36.5 Å². The van der Waals surface area contributed by atoms with Gasteiger partial charge in [-0.1, -0.05) is 13.0 Å². The summed E-state index contributed by atoms with van der Waals surface area (Å²) in [7, 11) is -2.97. The molecule has 0 aromatic carbocycles. The molecule has 0 amide bonds. The SMILES string of the molecule is CCS(=O)(=O)CCN1Cc2cccn2C[C@H](OCc2cccc(C)n2)C1. The fourth-order valence-electron chi connectivity index (χ4n) is 3.20. The fourth-order valence-corrected chi connectivity index (χ4v) is 4.03. The second-order valence-corrected chi connectivity index (χ2v) is 9.30. The van der Waals surface area contributed by atoms with E-state index in [2.05, 4.69) is 26.7 Å². The Balaban J connectivity index is 1.67. The van der Waals surface area contributed by atoms with Crippen LogP contribution in [0.3, 0.4) is 0 Å². The Morgan fingerprint density at radius 2 is 2.08 bits per heavy atom. The van der Waals surface area contributed by atoms with E-state index in [-0.39, 0.29) is 17.6 Å². The smallest absolute Gasteiger partial charge is 0.151 e. The molecule has 1 aliphatic heterocycles. The largest absolute Gasteiger partial charge is 0.369 e. The third-order valence-electron chi connectivity index (χ3n) is 4.74. The van der Waals surface area contributed by atoms with Crippen LogP contribution in [-0.2, 0) is 34.3 Å². The molecule has 0 N–H and O–H groups in total. The van der Waals surface area contributed by atoms with Gasteiger partial charge in [0.25, 0.3) is 0 Å². The summed E-state index contributed by atoms with van der Waals surface area (Å²) in [6.45, 7) is 6.89. The van der Waals surface area contributed by atoms with Crippen LogP contribution in [-0.4, -0.2) is 53.6 Å². The third kappa shape index (κ3) is 5.16. The highest BCUT2D eigenvalue weighted by Crippen LogP contribution is 2.16. The Kier molecular flexibility index (Phi) is 6.11. The number of sulfone groups is 1. The molecule has 0 radical (unpaired) electrons. The normalized spacial score (nSPS) is 18.5. The van der Waals surface area contributed by atoms with Crippen LogP contribution in [0.5, 0.6) is 0 Å². The molecule has 0 spiro atoms. The number of pyridine rings is 1. The van der Waals surface area contributed by atoms with Crippen molar-refractivity contribution in [2.24, 2.45) is 0 Å². The van der Waals surface area contributed by atoms with Crippen LogP contribution in [0.2, 0.25) is 0 Å². The Labute approximate surface area is 155 Å². The van der Waals surface area contributed by atoms with Gasteiger partial charge in [-0.2, -0.15) is 0 Å². The van der Waals surface area contributed by atoms with E-state index in [9.17, 15) is 8.42 Å². The van der Waals surface area contributed by atoms with Gasteiger partial charge in [-0.15, -0.1) is 0 Å². The van der Waals surface area contributed by atoms with Crippen LogP contribution in [0.1, 0.15) is 24.0 Å². The molecule has 0 aliphatic carbocycles. The Hall–Kier alpha value is -1.70. The van der Waals surface area contributed by atoms with Crippen molar-refractivity contribution < 1.29 is 13.2 Å². The molecule has 0 saturated heterocycles. The molecule has 1 atom stereocenters. The van der Waals surface area contributed by atoms with E-state index in [1.165, 1.54) is 5.69 Å². The van der Waals surface area contributed by atoms with Gasteiger partial charge in [0.15, 0.2) is 9.84 Å². The van der Waals surface area contributed by atoms with Gasteiger partial charge < -0.3 is 9.30 Å². The lowest BCUT2D eigenvalue weighted by molar-refractivity contribution is 0.00974. The van der Waals surface area contributed by atoms with E-state index in [4.69, 9.17) is 4.74 Å². The Morgan fingerprint density at radius 1 is 1.23 bits per heavy atom. The van der Waals surface area contributed by atoms with Crippen molar-refractivity contribution in [3.8, 4) is 0 Å². The molecule has 0 bridgehead atoms. The zero-order valence-corrected chi connectivity index (χ0v) is 16.3. The first-order chi connectivity index (χ1) is 12.4. The number of rotatable bonds is 7. The highest BCUT2D eigenvalue weighted by molar-refractivity contribution is 7.91. The molecule has 3 rings (SSSR count). The minimum absolute atomic E-state index is 0.00436. The maximum atomic E-state index is 11.9. The minimum Gasteiger partial charge on any atom is -0.369 e. The van der Waals surface area contributed by atoms with Crippen LogP contribution >= 0.6 is 0 Å². The highest BCUT2D eigenvalue weighted by atomic mass is 32.2. The molecule has 6 nitrogen and oxygen atoms in total. The number of aryl methyl sites for hydroxylation is 1. The van der Waals surface area contributed by atoms with Gasteiger partial charge in [0, 0.05) is 49.5 Å². The third-order valence-corrected chi connectivity index (χ3v) is 6.43. The van der Waals surface area contributed by atoms with E-state index >= 15 is 0 Å². The van der Waals surface area contributed by atoms with Crippen molar-refractivity contribution in [2.75, 3.05) is 24.6 Å². The number of aromatic nitrogens is 2. The lowest BCUT2D eigenvalue weighted by atomic mass is 10.3. The molecule has 2 aromatic rings. The van der Waals surface area contributed by atoms with E-state index in [1.807, 2.05) is 31.2 Å². The summed E-state index contributed by atoms with van der Waals surface area (Å²) in [5.41, 5.74) is 3.09. The van der Waals surface area contributed by atoms with Crippen LogP contribution in [0.4, 0.5) is 0 Å². The van der Waals surface area contributed by atoms with Crippen LogP contribution in [0, 0.1) is 6.92 Å². The Morgan fingerprint density at radius 3 is 2.85 bits per heavy atom. The van der Waals surface area contributed by atoms with E-state index in [0.29, 0.717) is 19.7 Å². The van der Waals surface area contributed by atoms with Gasteiger partial charge in [-0.3, -0.25) is 9.88 Å². The summed E-state index contributed by atoms with van der Waals surface area (Å²) in [6, 6.07) is 10.0. The predicted molar refractivity (Wildman–Crippen MR) is 102 cm³/mol. The predicted octanol–water partition coefficient (Wildman–Crippen LogP) is 2.03. The van der Waals surface area contributed by atoms with Gasteiger partial charge >= 0.3 is 0 Å². The second-order valence-electron chi connectivity index (χ2n) is 6.83. The van der Waals surface area contributed by atoms with Crippen molar-refractivity contribution in [2.45, 2.75) is 39.6 Å². The van der Waals surface area contributed by atoms with E-state index in [0.717, 1.165) is 24.5 Å². The molecule has 0 saturated carbocycles. The van der Waals surface area contributed by atoms with Crippen molar-refractivity contribution in [1.82, 2.24) is 14.5 Å². The molecule has 142 valence electrons. The summed E-state index contributed by atoms with van der Waals surface area (Å²) in [5.74, 6) is 0.381. The molecule has 26 heavy (non-hydrogen) atoms. The molecule has 0 unspecified atom stereocenters. The molecule has 2 aromatic heterocycles. The fraction of sp³-hybridized carbons (Fsp3) is 0.526. The number of hydrogen-bond acceptors (Lipinski definition) is 5. The van der Waals surface area contributed by atoms with Crippen LogP contribution in [0.25, 0.3) is 0 Å². The van der Waals surface area contributed by atoms with Crippen molar-refractivity contribution in [3.63, 3.8) is 0 Å². The van der Waals surface area contributed by atoms with Gasteiger partial charge in [-0.05, 0) is 31.2 Å². The number of ether oxygens (including phenoxy) is 1. The first kappa shape index (κ1) is 19.1. The average Bonchev–Trinajstić information content (AvgIpc) is 2.97. The standard InChI is InChI=1S/C19H27N3O3S/c1-3-26(23,24)11-10-21-12-18-8-5-9-22(18)14-19(13-21)25-15-17-7-4-6-16(2)20-17/h4-9,19H,3,10-15H2,1-2H3/t19-/m1/s1. The lowest BCUT2D eigenvalue weighted by Gasteiger charge is -2.24. The van der Waals surface area contributed by atoms with Crippen molar-refractivity contribution >= 4 is 9.84 Å². The van der Waals surface area contributed by atoms with Gasteiger partial charge in [-0.25, -0.2) is 8.42 Å². The zero-order valence-electron chi connectivity index (χ0n) is 15.5. The van der Waals surface area contributed by atoms with E-state index in [1.54, 1.807) is 6.92 Å². The average molecular weight is 378 g/mol. The zero-order chi connectivity index (χ0) is 18.6. The topological polar surface area (TPSA) is 64.4 Å². The Bertz CT molecular complexity index is 832. The minimum atomic E-state index is -2.97. The molecule has 3 heterocycles. The quantitative estimate of drug-likeness (QED) is 0.739. The molecular formula is C19H27N3O3S. The van der Waals surface area contributed by atoms with Gasteiger partial charge in [0.2, 0.25) is 0 Å². The molecular weight excluding hydrogens is 350 g/mol. The lowest BCUT2D eigenvalue weighted by Crippen LogP contribution is -2.36. The van der Waals surface area contributed by atoms with Gasteiger partial charge in [0.05, 0.1) is 24.2 Å². The monoisotopic (exact) mass is 377 g/mol. The summed E-state index contributed by atoms with van der Waals surface area (Å²) in [6.07, 6.45) is 2.05. The first-order valence-corrected chi connectivity index (χ1v) is 10.9. The first-order valence-electron chi connectivity index (χ1n) is 9.06. The van der Waals surface area contributed by atoms with E-state index < -0.39 is 9.84 Å². The number of hydrogen-bond donors (Lipinski definition) is 0. The highest BCUT2D eigenvalue weighted by Gasteiger charge is 2.23. The molecule has 0 fully saturated rings. The number of fused-ring (bicyclic) bond motifs is 1. The van der Waals surface area contributed by atoms with Gasteiger partial charge in [0.1, 0.15) is 0 Å². The summed E-state index contributed by atoms with van der Waals surface area (Å²) in [4.78, 5) is 6.67. The van der Waals surface area contributed by atoms with Crippen molar-refractivity contribution in [1.29, 1.82) is 0 Å².